The van der Waals surface area contributed by atoms with E-state index in [2.05, 4.69) is 10.6 Å². The van der Waals surface area contributed by atoms with Gasteiger partial charge >= 0.3 is 6.18 Å². The number of halogens is 4. The minimum absolute atomic E-state index is 0. The molecule has 2 saturated carbocycles. The van der Waals surface area contributed by atoms with E-state index in [1.54, 1.807) is 0 Å². The molecule has 7 heteroatoms. The van der Waals surface area contributed by atoms with Gasteiger partial charge in [0.2, 0.25) is 5.91 Å². The quantitative estimate of drug-likeness (QED) is 0.816. The number of hydrogen-bond acceptors (Lipinski definition) is 2. The summed E-state index contributed by atoms with van der Waals surface area (Å²) in [5.74, 6) is -1.04. The van der Waals surface area contributed by atoms with E-state index >= 15 is 0 Å². The van der Waals surface area contributed by atoms with Gasteiger partial charge in [-0.15, -0.1) is 12.4 Å². The standard InChI is InChI=1S/C16H25F3N2O.ClH/c17-16(18,19)12-3-1-2-11(8-12)10-21-14(22)13-9-15(13)4-6-20-7-5-15;/h11-13,20H,1-10H2,(H,21,22);1H. The smallest absolute Gasteiger partial charge is 0.356 e. The van der Waals surface area contributed by atoms with Crippen molar-refractivity contribution in [2.75, 3.05) is 19.6 Å². The lowest BCUT2D eigenvalue weighted by atomic mass is 9.81. The van der Waals surface area contributed by atoms with Gasteiger partial charge in [0.05, 0.1) is 5.92 Å². The minimum atomic E-state index is -4.08. The summed E-state index contributed by atoms with van der Waals surface area (Å²) in [6, 6.07) is 0. The van der Waals surface area contributed by atoms with Crippen molar-refractivity contribution in [2.45, 2.75) is 51.1 Å². The highest BCUT2D eigenvalue weighted by atomic mass is 35.5. The molecule has 0 aromatic carbocycles. The monoisotopic (exact) mass is 354 g/mol. The molecule has 134 valence electrons. The zero-order chi connectivity index (χ0) is 15.8. The van der Waals surface area contributed by atoms with Gasteiger partial charge in [0, 0.05) is 12.5 Å². The number of piperidine rings is 1. The van der Waals surface area contributed by atoms with Crippen molar-refractivity contribution < 1.29 is 18.0 Å². The van der Waals surface area contributed by atoms with E-state index in [9.17, 15) is 18.0 Å². The van der Waals surface area contributed by atoms with Gasteiger partial charge < -0.3 is 10.6 Å². The SMILES string of the molecule is Cl.O=C(NCC1CCCC(C(F)(F)F)C1)C1CC12CCNCC2. The Labute approximate surface area is 141 Å². The summed E-state index contributed by atoms with van der Waals surface area (Å²) >= 11 is 0. The first-order valence-electron chi connectivity index (χ1n) is 8.46. The van der Waals surface area contributed by atoms with E-state index in [1.165, 1.54) is 0 Å². The Morgan fingerprint density at radius 3 is 2.57 bits per heavy atom. The molecule has 2 aliphatic carbocycles. The van der Waals surface area contributed by atoms with Crippen LogP contribution in [0.25, 0.3) is 0 Å². The van der Waals surface area contributed by atoms with Crippen molar-refractivity contribution in [3.8, 4) is 0 Å². The van der Waals surface area contributed by atoms with Crippen LogP contribution in [0, 0.1) is 23.2 Å². The highest BCUT2D eigenvalue weighted by molar-refractivity contribution is 5.85. The highest BCUT2D eigenvalue weighted by Gasteiger charge is 2.57. The Morgan fingerprint density at radius 2 is 1.91 bits per heavy atom. The van der Waals surface area contributed by atoms with E-state index in [-0.39, 0.29) is 48.4 Å². The van der Waals surface area contributed by atoms with E-state index in [4.69, 9.17) is 0 Å². The van der Waals surface area contributed by atoms with Crippen LogP contribution < -0.4 is 10.6 Å². The predicted octanol–water partition coefficient (Wildman–Crippen LogP) is 3.28. The minimum Gasteiger partial charge on any atom is -0.356 e. The van der Waals surface area contributed by atoms with Crippen LogP contribution in [0.15, 0.2) is 0 Å². The molecule has 2 N–H and O–H groups in total. The van der Waals surface area contributed by atoms with E-state index in [0.717, 1.165) is 38.8 Å². The van der Waals surface area contributed by atoms with Crippen LogP contribution in [0.4, 0.5) is 13.2 Å². The first-order chi connectivity index (χ1) is 10.4. The number of nitrogens with one attached hydrogen (secondary N) is 2. The Hall–Kier alpha value is -0.490. The summed E-state index contributed by atoms with van der Waals surface area (Å²) < 4.78 is 38.4. The lowest BCUT2D eigenvalue weighted by molar-refractivity contribution is -0.185. The molecular formula is C16H26ClF3N2O. The average molecular weight is 355 g/mol. The third kappa shape index (κ3) is 4.32. The van der Waals surface area contributed by atoms with E-state index in [0.29, 0.717) is 13.0 Å². The van der Waals surface area contributed by atoms with Gasteiger partial charge in [-0.2, -0.15) is 13.2 Å². The van der Waals surface area contributed by atoms with Crippen molar-refractivity contribution in [1.29, 1.82) is 0 Å². The molecule has 0 bridgehead atoms. The third-order valence-corrected chi connectivity index (χ3v) is 5.92. The molecule has 0 radical (unpaired) electrons. The van der Waals surface area contributed by atoms with Gasteiger partial charge in [0.25, 0.3) is 0 Å². The number of hydrogen-bond donors (Lipinski definition) is 2. The van der Waals surface area contributed by atoms with Gasteiger partial charge in [0.1, 0.15) is 0 Å². The topological polar surface area (TPSA) is 41.1 Å². The number of carbonyl (C=O) groups is 1. The molecule has 1 amide bonds. The molecule has 0 aromatic rings. The van der Waals surface area contributed by atoms with Crippen molar-refractivity contribution >= 4 is 18.3 Å². The number of amides is 1. The van der Waals surface area contributed by atoms with Crippen molar-refractivity contribution in [1.82, 2.24) is 10.6 Å². The number of rotatable bonds is 3. The second-order valence-electron chi connectivity index (χ2n) is 7.39. The number of alkyl halides is 3. The zero-order valence-electron chi connectivity index (χ0n) is 13.3. The summed E-state index contributed by atoms with van der Waals surface area (Å²) in [6.07, 6.45) is 0.788. The van der Waals surface area contributed by atoms with E-state index in [1.807, 2.05) is 0 Å². The first-order valence-corrected chi connectivity index (χ1v) is 8.46. The molecule has 3 unspecified atom stereocenters. The van der Waals surface area contributed by atoms with Crippen molar-refractivity contribution in [2.24, 2.45) is 23.2 Å². The molecule has 23 heavy (non-hydrogen) atoms. The lowest BCUT2D eigenvalue weighted by Gasteiger charge is -2.30. The fourth-order valence-electron chi connectivity index (χ4n) is 4.34. The second-order valence-corrected chi connectivity index (χ2v) is 7.39. The first kappa shape index (κ1) is 18.8. The van der Waals surface area contributed by atoms with E-state index < -0.39 is 12.1 Å². The third-order valence-electron chi connectivity index (χ3n) is 5.92. The molecule has 3 aliphatic rings. The molecule has 3 fully saturated rings. The zero-order valence-corrected chi connectivity index (χ0v) is 14.1. The van der Waals surface area contributed by atoms with Gasteiger partial charge in [-0.1, -0.05) is 6.42 Å². The molecule has 1 spiro atoms. The van der Waals surface area contributed by atoms with Crippen LogP contribution in [0.3, 0.4) is 0 Å². The van der Waals surface area contributed by atoms with Crippen LogP contribution in [0.5, 0.6) is 0 Å². The lowest BCUT2D eigenvalue weighted by Crippen LogP contribution is -2.37. The summed E-state index contributed by atoms with van der Waals surface area (Å²) in [7, 11) is 0. The number of carbonyl (C=O) groups excluding carboxylic acids is 1. The molecule has 0 aromatic heterocycles. The molecule has 1 saturated heterocycles. The van der Waals surface area contributed by atoms with Crippen LogP contribution in [0.2, 0.25) is 0 Å². The highest BCUT2D eigenvalue weighted by Crippen LogP contribution is 2.58. The maximum atomic E-state index is 12.8. The van der Waals surface area contributed by atoms with Gasteiger partial charge in [-0.05, 0) is 62.9 Å². The van der Waals surface area contributed by atoms with Gasteiger partial charge in [0.15, 0.2) is 0 Å². The van der Waals surface area contributed by atoms with Crippen molar-refractivity contribution in [3.63, 3.8) is 0 Å². The van der Waals surface area contributed by atoms with Crippen LogP contribution in [-0.4, -0.2) is 31.7 Å². The molecule has 1 heterocycles. The maximum Gasteiger partial charge on any atom is 0.391 e. The molecule has 3 atom stereocenters. The molecule has 1 aliphatic heterocycles. The summed E-state index contributed by atoms with van der Waals surface area (Å²) in [6.45, 7) is 2.36. The Morgan fingerprint density at radius 1 is 1.22 bits per heavy atom. The van der Waals surface area contributed by atoms with Crippen LogP contribution >= 0.6 is 12.4 Å². The Balaban J connectivity index is 0.00000192. The van der Waals surface area contributed by atoms with Gasteiger partial charge in [-0.3, -0.25) is 4.79 Å². The fraction of sp³-hybridized carbons (Fsp3) is 0.938. The average Bonchev–Trinajstić information content (AvgIpc) is 3.18. The van der Waals surface area contributed by atoms with Crippen LogP contribution in [-0.2, 0) is 4.79 Å². The van der Waals surface area contributed by atoms with Crippen molar-refractivity contribution in [3.05, 3.63) is 0 Å². The summed E-state index contributed by atoms with van der Waals surface area (Å²) in [5.41, 5.74) is 0.191. The normalized spacial score (nSPS) is 32.9. The van der Waals surface area contributed by atoms with Crippen LogP contribution in [0.1, 0.15) is 44.9 Å². The molecule has 3 nitrogen and oxygen atoms in total. The molecule has 3 rings (SSSR count). The summed E-state index contributed by atoms with van der Waals surface area (Å²) in [4.78, 5) is 12.2. The summed E-state index contributed by atoms with van der Waals surface area (Å²) in [5, 5.41) is 6.24. The fourth-order valence-corrected chi connectivity index (χ4v) is 4.34. The second kappa shape index (κ2) is 7.18. The largest absolute Gasteiger partial charge is 0.391 e. The Bertz CT molecular complexity index is 424. The maximum absolute atomic E-state index is 12.8. The van der Waals surface area contributed by atoms with Gasteiger partial charge in [-0.25, -0.2) is 0 Å². The molecular weight excluding hydrogens is 329 g/mol. The Kier molecular flexibility index (Phi) is 5.88. The predicted molar refractivity (Wildman–Crippen MR) is 84.4 cm³/mol.